The lowest BCUT2D eigenvalue weighted by Crippen LogP contribution is -2.27. The van der Waals surface area contributed by atoms with Gasteiger partial charge in [0.2, 0.25) is 5.91 Å². The third kappa shape index (κ3) is 5.68. The van der Waals surface area contributed by atoms with Gasteiger partial charge in [0.05, 0.1) is 4.92 Å². The second kappa shape index (κ2) is 8.58. The van der Waals surface area contributed by atoms with Crippen LogP contribution in [0.3, 0.4) is 0 Å². The van der Waals surface area contributed by atoms with Crippen molar-refractivity contribution in [2.24, 2.45) is 5.92 Å². The van der Waals surface area contributed by atoms with Crippen molar-refractivity contribution in [3.63, 3.8) is 0 Å². The van der Waals surface area contributed by atoms with Crippen LogP contribution in [0.1, 0.15) is 19.3 Å². The largest absolute Gasteiger partial charge is 0.356 e. The maximum Gasteiger partial charge on any atom is 0.306 e. The van der Waals surface area contributed by atoms with Gasteiger partial charge in [-0.15, -0.1) is 12.4 Å². The summed E-state index contributed by atoms with van der Waals surface area (Å²) in [5.74, 6) is 0.609. The maximum absolute atomic E-state index is 11.6. The van der Waals surface area contributed by atoms with E-state index >= 15 is 0 Å². The molecule has 0 aromatic carbocycles. The minimum atomic E-state index is -0.501. The molecule has 9 heteroatoms. The lowest BCUT2D eigenvalue weighted by Gasteiger charge is -2.09. The van der Waals surface area contributed by atoms with E-state index in [9.17, 15) is 14.9 Å². The summed E-state index contributed by atoms with van der Waals surface area (Å²) in [4.78, 5) is 21.6. The molecule has 1 aromatic heterocycles. The normalized spacial score (nSPS) is 17.2. The molecule has 0 aliphatic carbocycles. The SMILES string of the molecule is Cl.O=C(CCn1cc([N+](=O)[O-])cn1)NCCC1CCNC1. The van der Waals surface area contributed by atoms with Crippen LogP contribution in [0, 0.1) is 16.0 Å². The molecule has 1 saturated heterocycles. The Morgan fingerprint density at radius 3 is 3.05 bits per heavy atom. The zero-order chi connectivity index (χ0) is 14.4. The van der Waals surface area contributed by atoms with Crippen molar-refractivity contribution >= 4 is 24.0 Å². The predicted octanol–water partition coefficient (Wildman–Crippen LogP) is 0.719. The molecule has 2 rings (SSSR count). The number of rotatable bonds is 7. The maximum atomic E-state index is 11.6. The van der Waals surface area contributed by atoms with Gasteiger partial charge in [-0.25, -0.2) is 0 Å². The minimum absolute atomic E-state index is 0. The highest BCUT2D eigenvalue weighted by molar-refractivity contribution is 5.85. The monoisotopic (exact) mass is 317 g/mol. The number of aryl methyl sites for hydroxylation is 1. The fourth-order valence-corrected chi connectivity index (χ4v) is 2.25. The highest BCUT2D eigenvalue weighted by atomic mass is 35.5. The lowest BCUT2D eigenvalue weighted by molar-refractivity contribution is -0.385. The van der Waals surface area contributed by atoms with Gasteiger partial charge < -0.3 is 10.6 Å². The summed E-state index contributed by atoms with van der Waals surface area (Å²) in [7, 11) is 0. The molecule has 118 valence electrons. The number of amides is 1. The highest BCUT2D eigenvalue weighted by Crippen LogP contribution is 2.11. The van der Waals surface area contributed by atoms with Crippen molar-refractivity contribution in [2.75, 3.05) is 19.6 Å². The van der Waals surface area contributed by atoms with Gasteiger partial charge in [0.1, 0.15) is 12.4 Å². The average Bonchev–Trinajstić information content (AvgIpc) is 3.07. The number of carbonyl (C=O) groups is 1. The number of nitrogens with zero attached hydrogens (tertiary/aromatic N) is 3. The lowest BCUT2D eigenvalue weighted by atomic mass is 10.1. The Hall–Kier alpha value is -1.67. The summed E-state index contributed by atoms with van der Waals surface area (Å²) in [6, 6.07) is 0. The number of nitrogens with one attached hydrogen (secondary N) is 2. The van der Waals surface area contributed by atoms with E-state index in [1.165, 1.54) is 23.5 Å². The summed E-state index contributed by atoms with van der Waals surface area (Å²) in [5, 5.41) is 20.5. The summed E-state index contributed by atoms with van der Waals surface area (Å²) in [5.41, 5.74) is -0.0564. The molecule has 2 N–H and O–H groups in total. The average molecular weight is 318 g/mol. The molecule has 0 radical (unpaired) electrons. The van der Waals surface area contributed by atoms with Gasteiger partial charge in [0.15, 0.2) is 0 Å². The Kier molecular flexibility index (Phi) is 7.10. The van der Waals surface area contributed by atoms with Crippen LogP contribution in [0.15, 0.2) is 12.4 Å². The molecule has 1 aromatic rings. The Labute approximate surface area is 128 Å². The molecule has 1 aliphatic rings. The second-order valence-corrected chi connectivity index (χ2v) is 4.97. The Balaban J connectivity index is 0.00000220. The fraction of sp³-hybridized carbons (Fsp3) is 0.667. The molecule has 0 saturated carbocycles. The number of nitro groups is 1. The zero-order valence-electron chi connectivity index (χ0n) is 11.7. The third-order valence-electron chi connectivity index (χ3n) is 3.44. The number of hydrogen-bond donors (Lipinski definition) is 2. The van der Waals surface area contributed by atoms with Crippen molar-refractivity contribution in [3.8, 4) is 0 Å². The summed E-state index contributed by atoms with van der Waals surface area (Å²) >= 11 is 0. The molecule has 8 nitrogen and oxygen atoms in total. The van der Waals surface area contributed by atoms with E-state index in [1.807, 2.05) is 0 Å². The molecule has 21 heavy (non-hydrogen) atoms. The van der Waals surface area contributed by atoms with Gasteiger partial charge in [0.25, 0.3) is 0 Å². The van der Waals surface area contributed by atoms with E-state index in [1.54, 1.807) is 0 Å². The van der Waals surface area contributed by atoms with Gasteiger partial charge in [-0.3, -0.25) is 19.6 Å². The van der Waals surface area contributed by atoms with E-state index in [4.69, 9.17) is 0 Å². The van der Waals surface area contributed by atoms with Crippen LogP contribution in [0.25, 0.3) is 0 Å². The minimum Gasteiger partial charge on any atom is -0.356 e. The molecule has 1 unspecified atom stereocenters. The molecule has 0 spiro atoms. The van der Waals surface area contributed by atoms with Crippen molar-refractivity contribution in [2.45, 2.75) is 25.8 Å². The zero-order valence-corrected chi connectivity index (χ0v) is 12.5. The number of carbonyl (C=O) groups excluding carboxylic acids is 1. The first-order valence-electron chi connectivity index (χ1n) is 6.79. The van der Waals surface area contributed by atoms with Gasteiger partial charge in [-0.1, -0.05) is 0 Å². The summed E-state index contributed by atoms with van der Waals surface area (Å²) < 4.78 is 1.42. The molecular formula is C12H20ClN5O3. The van der Waals surface area contributed by atoms with Gasteiger partial charge in [-0.2, -0.15) is 5.10 Å². The molecule has 1 amide bonds. The standard InChI is InChI=1S/C12H19N5O3.ClH/c18-12(14-5-2-10-1-4-13-7-10)3-6-16-9-11(8-15-16)17(19)20;/h8-10,13H,1-7H2,(H,14,18);1H. The van der Waals surface area contributed by atoms with E-state index in [0.717, 1.165) is 19.5 Å². The number of aromatic nitrogens is 2. The smallest absolute Gasteiger partial charge is 0.306 e. The molecule has 0 bridgehead atoms. The first kappa shape index (κ1) is 17.4. The topological polar surface area (TPSA) is 102 Å². The molecular weight excluding hydrogens is 298 g/mol. The summed E-state index contributed by atoms with van der Waals surface area (Å²) in [6.45, 7) is 3.14. The fourth-order valence-electron chi connectivity index (χ4n) is 2.25. The quantitative estimate of drug-likeness (QED) is 0.570. The summed E-state index contributed by atoms with van der Waals surface area (Å²) in [6.07, 6.45) is 4.96. The van der Waals surface area contributed by atoms with Crippen LogP contribution in [-0.4, -0.2) is 40.2 Å². The van der Waals surface area contributed by atoms with Crippen molar-refractivity contribution in [3.05, 3.63) is 22.5 Å². The van der Waals surface area contributed by atoms with Crippen molar-refractivity contribution in [1.29, 1.82) is 0 Å². The van der Waals surface area contributed by atoms with Gasteiger partial charge >= 0.3 is 5.69 Å². The molecule has 1 atom stereocenters. The van der Waals surface area contributed by atoms with Crippen LogP contribution in [-0.2, 0) is 11.3 Å². The second-order valence-electron chi connectivity index (χ2n) is 4.97. The number of hydrogen-bond acceptors (Lipinski definition) is 5. The van der Waals surface area contributed by atoms with Gasteiger partial charge in [-0.05, 0) is 31.8 Å². The van der Waals surface area contributed by atoms with Crippen LogP contribution in [0.2, 0.25) is 0 Å². The number of halogens is 1. The van der Waals surface area contributed by atoms with Crippen LogP contribution in [0.5, 0.6) is 0 Å². The van der Waals surface area contributed by atoms with E-state index in [2.05, 4.69) is 15.7 Å². The highest BCUT2D eigenvalue weighted by Gasteiger charge is 2.14. The first-order valence-corrected chi connectivity index (χ1v) is 6.79. The van der Waals surface area contributed by atoms with Crippen molar-refractivity contribution < 1.29 is 9.72 Å². The van der Waals surface area contributed by atoms with Crippen molar-refractivity contribution in [1.82, 2.24) is 20.4 Å². The van der Waals surface area contributed by atoms with Gasteiger partial charge in [0, 0.05) is 19.5 Å². The first-order chi connectivity index (χ1) is 9.65. The Morgan fingerprint density at radius 1 is 1.62 bits per heavy atom. The molecule has 1 fully saturated rings. The molecule has 2 heterocycles. The Morgan fingerprint density at radius 2 is 2.43 bits per heavy atom. The van der Waals surface area contributed by atoms with E-state index in [-0.39, 0.29) is 30.4 Å². The van der Waals surface area contributed by atoms with E-state index in [0.29, 0.717) is 19.0 Å². The van der Waals surface area contributed by atoms with Crippen LogP contribution >= 0.6 is 12.4 Å². The third-order valence-corrected chi connectivity index (χ3v) is 3.44. The predicted molar refractivity (Wildman–Crippen MR) is 79.3 cm³/mol. The molecule has 1 aliphatic heterocycles. The Bertz CT molecular complexity index is 473. The van der Waals surface area contributed by atoms with Crippen LogP contribution in [0.4, 0.5) is 5.69 Å². The van der Waals surface area contributed by atoms with Crippen LogP contribution < -0.4 is 10.6 Å². The van der Waals surface area contributed by atoms with E-state index < -0.39 is 4.92 Å².